The highest BCUT2D eigenvalue weighted by atomic mass is 35.5. The highest BCUT2D eigenvalue weighted by Crippen LogP contribution is 2.26. The molecule has 1 rings (SSSR count). The molecule has 0 aliphatic rings. The minimum absolute atomic E-state index is 0.0137. The maximum Gasteiger partial charge on any atom is 0.153 e. The summed E-state index contributed by atoms with van der Waals surface area (Å²) in [7, 11) is -1.47. The standard InChI is InChI=1S/C13H19ClO4S/c1-3-7-19(15,16)8-6-18-13-9-12(17-2)5-4-11(13)10-14/h4-5,9H,3,6-8,10H2,1-2H3. The molecule has 0 saturated heterocycles. The lowest BCUT2D eigenvalue weighted by molar-refractivity contribution is 0.334. The second-order valence-electron chi connectivity index (χ2n) is 4.11. The molecule has 19 heavy (non-hydrogen) atoms. The Hall–Kier alpha value is -0.940. The first kappa shape index (κ1) is 16.1. The molecule has 0 unspecified atom stereocenters. The Kier molecular flexibility index (Phi) is 6.45. The van der Waals surface area contributed by atoms with Crippen LogP contribution in [0.5, 0.6) is 11.5 Å². The van der Waals surface area contributed by atoms with E-state index in [1.165, 1.54) is 0 Å². The number of hydrogen-bond donors (Lipinski definition) is 0. The van der Waals surface area contributed by atoms with Crippen LogP contribution >= 0.6 is 11.6 Å². The van der Waals surface area contributed by atoms with Crippen molar-refractivity contribution in [3.63, 3.8) is 0 Å². The fraction of sp³-hybridized carbons (Fsp3) is 0.538. The molecule has 0 fully saturated rings. The Morgan fingerprint density at radius 2 is 2.00 bits per heavy atom. The van der Waals surface area contributed by atoms with Crippen molar-refractivity contribution in [2.45, 2.75) is 19.2 Å². The van der Waals surface area contributed by atoms with E-state index < -0.39 is 9.84 Å². The lowest BCUT2D eigenvalue weighted by Crippen LogP contribution is -2.17. The first-order chi connectivity index (χ1) is 9.02. The predicted octanol–water partition coefficient (Wildman–Crippen LogP) is 2.64. The summed E-state index contributed by atoms with van der Waals surface area (Å²) in [4.78, 5) is 0. The molecule has 0 heterocycles. The summed E-state index contributed by atoms with van der Waals surface area (Å²) in [6.45, 7) is 1.96. The summed E-state index contributed by atoms with van der Waals surface area (Å²) in [5.74, 6) is 1.74. The summed E-state index contributed by atoms with van der Waals surface area (Å²) in [6.07, 6.45) is 0.619. The average Bonchev–Trinajstić information content (AvgIpc) is 2.38. The van der Waals surface area contributed by atoms with Crippen molar-refractivity contribution in [3.8, 4) is 11.5 Å². The number of hydrogen-bond acceptors (Lipinski definition) is 4. The smallest absolute Gasteiger partial charge is 0.153 e. The van der Waals surface area contributed by atoms with Gasteiger partial charge in [-0.05, 0) is 12.5 Å². The van der Waals surface area contributed by atoms with Crippen molar-refractivity contribution < 1.29 is 17.9 Å². The average molecular weight is 307 g/mol. The van der Waals surface area contributed by atoms with Gasteiger partial charge in [-0.1, -0.05) is 13.0 Å². The Labute approximate surface area is 119 Å². The maximum atomic E-state index is 11.6. The van der Waals surface area contributed by atoms with Crippen LogP contribution in [0, 0.1) is 0 Å². The minimum atomic E-state index is -3.03. The molecule has 1 aromatic rings. The Morgan fingerprint density at radius 1 is 1.26 bits per heavy atom. The van der Waals surface area contributed by atoms with Crippen molar-refractivity contribution in [1.82, 2.24) is 0 Å². The van der Waals surface area contributed by atoms with Gasteiger partial charge in [-0.25, -0.2) is 8.42 Å². The third-order valence-corrected chi connectivity index (χ3v) is 4.69. The van der Waals surface area contributed by atoms with E-state index in [2.05, 4.69) is 0 Å². The number of methoxy groups -OCH3 is 1. The molecule has 0 radical (unpaired) electrons. The summed E-state index contributed by atoms with van der Waals surface area (Å²) in [5, 5.41) is 0. The van der Waals surface area contributed by atoms with E-state index in [0.29, 0.717) is 23.8 Å². The summed E-state index contributed by atoms with van der Waals surface area (Å²) >= 11 is 5.81. The summed E-state index contributed by atoms with van der Waals surface area (Å²) in [5.41, 5.74) is 0.815. The Bertz CT molecular complexity index is 499. The van der Waals surface area contributed by atoms with Crippen LogP contribution in [0.2, 0.25) is 0 Å². The van der Waals surface area contributed by atoms with Crippen molar-refractivity contribution >= 4 is 21.4 Å². The third kappa shape index (κ3) is 5.28. The molecular formula is C13H19ClO4S. The lowest BCUT2D eigenvalue weighted by Gasteiger charge is -2.11. The molecule has 0 amide bonds. The van der Waals surface area contributed by atoms with E-state index in [1.54, 1.807) is 19.2 Å². The molecule has 0 saturated carbocycles. The highest BCUT2D eigenvalue weighted by molar-refractivity contribution is 7.91. The van der Waals surface area contributed by atoms with Crippen LogP contribution in [0.25, 0.3) is 0 Å². The van der Waals surface area contributed by atoms with Gasteiger partial charge >= 0.3 is 0 Å². The molecule has 0 aromatic heterocycles. The summed E-state index contributed by atoms with van der Waals surface area (Å²) in [6, 6.07) is 5.31. The van der Waals surface area contributed by atoms with Crippen molar-refractivity contribution in [2.75, 3.05) is 25.2 Å². The lowest BCUT2D eigenvalue weighted by atomic mass is 10.2. The quantitative estimate of drug-likeness (QED) is 0.693. The van der Waals surface area contributed by atoms with Crippen molar-refractivity contribution in [1.29, 1.82) is 0 Å². The topological polar surface area (TPSA) is 52.6 Å². The Morgan fingerprint density at radius 3 is 2.58 bits per heavy atom. The van der Waals surface area contributed by atoms with E-state index in [-0.39, 0.29) is 18.1 Å². The van der Waals surface area contributed by atoms with Crippen molar-refractivity contribution in [2.24, 2.45) is 0 Å². The van der Waals surface area contributed by atoms with Gasteiger partial charge in [-0.15, -0.1) is 11.6 Å². The van der Waals surface area contributed by atoms with Crippen LogP contribution in [0.4, 0.5) is 0 Å². The largest absolute Gasteiger partial charge is 0.497 e. The van der Waals surface area contributed by atoms with Crippen LogP contribution < -0.4 is 9.47 Å². The molecule has 0 aliphatic heterocycles. The van der Waals surface area contributed by atoms with Gasteiger partial charge in [0.05, 0.1) is 24.5 Å². The SMILES string of the molecule is CCCS(=O)(=O)CCOc1cc(OC)ccc1CCl. The molecular weight excluding hydrogens is 288 g/mol. The Balaban J connectivity index is 2.66. The van der Waals surface area contributed by atoms with E-state index in [1.807, 2.05) is 13.0 Å². The molecule has 6 heteroatoms. The molecule has 1 aromatic carbocycles. The van der Waals surface area contributed by atoms with Gasteiger partial charge in [-0.2, -0.15) is 0 Å². The van der Waals surface area contributed by atoms with Gasteiger partial charge in [0.15, 0.2) is 9.84 Å². The summed E-state index contributed by atoms with van der Waals surface area (Å²) < 4.78 is 33.7. The maximum absolute atomic E-state index is 11.6. The van der Waals surface area contributed by atoms with E-state index in [4.69, 9.17) is 21.1 Å². The van der Waals surface area contributed by atoms with Crippen molar-refractivity contribution in [3.05, 3.63) is 23.8 Å². The van der Waals surface area contributed by atoms with Gasteiger partial charge in [0, 0.05) is 11.6 Å². The normalized spacial score (nSPS) is 11.3. The van der Waals surface area contributed by atoms with Crippen LogP contribution in [0.15, 0.2) is 18.2 Å². The second-order valence-corrected chi connectivity index (χ2v) is 6.68. The molecule has 0 N–H and O–H groups in total. The monoisotopic (exact) mass is 306 g/mol. The third-order valence-electron chi connectivity index (χ3n) is 2.59. The molecule has 4 nitrogen and oxygen atoms in total. The molecule has 0 bridgehead atoms. The van der Waals surface area contributed by atoms with Gasteiger partial charge in [-0.3, -0.25) is 0 Å². The minimum Gasteiger partial charge on any atom is -0.497 e. The zero-order valence-corrected chi connectivity index (χ0v) is 12.8. The fourth-order valence-electron chi connectivity index (χ4n) is 1.60. The van der Waals surface area contributed by atoms with Gasteiger partial charge in [0.2, 0.25) is 0 Å². The first-order valence-electron chi connectivity index (χ1n) is 6.08. The number of halogens is 1. The first-order valence-corrected chi connectivity index (χ1v) is 8.44. The highest BCUT2D eigenvalue weighted by Gasteiger charge is 2.11. The predicted molar refractivity (Wildman–Crippen MR) is 77.0 cm³/mol. The van der Waals surface area contributed by atoms with Gasteiger partial charge in [0.25, 0.3) is 0 Å². The van der Waals surface area contributed by atoms with Crippen LogP contribution in [-0.4, -0.2) is 33.6 Å². The van der Waals surface area contributed by atoms with Gasteiger partial charge in [0.1, 0.15) is 18.1 Å². The second kappa shape index (κ2) is 7.60. The zero-order chi connectivity index (χ0) is 14.3. The van der Waals surface area contributed by atoms with E-state index in [9.17, 15) is 8.42 Å². The number of ether oxygens (including phenoxy) is 2. The number of sulfone groups is 1. The molecule has 0 atom stereocenters. The van der Waals surface area contributed by atoms with E-state index >= 15 is 0 Å². The fourth-order valence-corrected chi connectivity index (χ4v) is 2.98. The van der Waals surface area contributed by atoms with E-state index in [0.717, 1.165) is 5.56 Å². The molecule has 0 spiro atoms. The number of alkyl halides is 1. The molecule has 108 valence electrons. The number of benzene rings is 1. The van der Waals surface area contributed by atoms with Crippen LogP contribution in [0.3, 0.4) is 0 Å². The number of rotatable bonds is 8. The van der Waals surface area contributed by atoms with Crippen LogP contribution in [0.1, 0.15) is 18.9 Å². The van der Waals surface area contributed by atoms with Gasteiger partial charge < -0.3 is 9.47 Å². The zero-order valence-electron chi connectivity index (χ0n) is 11.2. The van der Waals surface area contributed by atoms with Crippen LogP contribution in [-0.2, 0) is 15.7 Å². The molecule has 0 aliphatic carbocycles.